The van der Waals surface area contributed by atoms with E-state index >= 15 is 0 Å². The van der Waals surface area contributed by atoms with Crippen LogP contribution in [0.3, 0.4) is 0 Å². The number of hydrogen-bond donors (Lipinski definition) is 3. The molecule has 0 atom stereocenters. The second-order valence-electron chi connectivity index (χ2n) is 25.8. The van der Waals surface area contributed by atoms with E-state index < -0.39 is 5.69 Å². The van der Waals surface area contributed by atoms with E-state index in [0.29, 0.717) is 172 Å². The van der Waals surface area contributed by atoms with Gasteiger partial charge in [0, 0.05) is 178 Å². The molecule has 0 aliphatic heterocycles. The summed E-state index contributed by atoms with van der Waals surface area (Å²) in [6.45, 7) is 1.45. The van der Waals surface area contributed by atoms with Gasteiger partial charge in [-0.1, -0.05) is 22.6 Å². The number of unbranched alkanes of at least 4 members (excludes halogenated alkanes) is 5. The number of alkyl halides is 1. The summed E-state index contributed by atoms with van der Waals surface area (Å²) in [5, 5.41) is 5.08. The van der Waals surface area contributed by atoms with Gasteiger partial charge in [-0.15, -0.1) is 0 Å². The van der Waals surface area contributed by atoms with Crippen molar-refractivity contribution in [3.63, 3.8) is 0 Å². The van der Waals surface area contributed by atoms with Crippen LogP contribution in [0.1, 0.15) is 96.3 Å². The zero-order valence-electron chi connectivity index (χ0n) is 64.4. The van der Waals surface area contributed by atoms with Gasteiger partial charge in [0.2, 0.25) is 29.5 Å². The number of rotatable bonds is 25. The maximum absolute atomic E-state index is 12.4. The van der Waals surface area contributed by atoms with Crippen molar-refractivity contribution in [2.75, 3.05) is 47.2 Å². The number of nitrogens with one attached hydrogen (secondary N) is 2. The highest BCUT2D eigenvalue weighted by molar-refractivity contribution is 14.1. The molecule has 0 aliphatic carbocycles. The molecule has 10 heterocycles. The van der Waals surface area contributed by atoms with Gasteiger partial charge in [-0.25, -0.2) is 48.9 Å². The van der Waals surface area contributed by atoms with Crippen LogP contribution in [0, 0.1) is 0 Å². The number of hydrogen-bond acceptors (Lipinski definition) is 20. The number of carbonyl (C=O) groups excluding carboxylic acids is 5. The number of halogens is 1. The first-order valence-corrected chi connectivity index (χ1v) is 36.7. The highest BCUT2D eigenvalue weighted by atomic mass is 127. The molecule has 0 saturated heterocycles. The summed E-state index contributed by atoms with van der Waals surface area (Å²) in [5.41, 5.74) is 5.34. The van der Waals surface area contributed by atoms with E-state index in [1.165, 1.54) is 87.1 Å². The van der Waals surface area contributed by atoms with Crippen molar-refractivity contribution in [1.82, 2.24) is 114 Å². The van der Waals surface area contributed by atoms with Crippen LogP contribution in [0.5, 0.6) is 0 Å². The molecular formula is C67H100IN25O15. The van der Waals surface area contributed by atoms with Crippen LogP contribution < -0.4 is 72.6 Å². The number of carbonyl (C=O) groups is 5. The average molecular weight is 1620 g/mol. The summed E-state index contributed by atoms with van der Waals surface area (Å²) < 4.78 is 20.9. The Balaban J connectivity index is 0.000000241. The zero-order valence-corrected chi connectivity index (χ0v) is 66.6. The van der Waals surface area contributed by atoms with Gasteiger partial charge in [-0.2, -0.15) is 0 Å². The van der Waals surface area contributed by atoms with Crippen molar-refractivity contribution in [3.05, 3.63) is 136 Å². The Labute approximate surface area is 631 Å². The lowest BCUT2D eigenvalue weighted by molar-refractivity contribution is -0.129. The topological polar surface area (TPSA) is 451 Å². The van der Waals surface area contributed by atoms with Crippen LogP contribution >= 0.6 is 22.6 Å². The maximum Gasteiger partial charge on any atom is 0.332 e. The summed E-state index contributed by atoms with van der Waals surface area (Å²) in [4.78, 5) is 204. The SMILES string of the molecule is CI.CN(C)C(=O)CCCCn1c(=O)c2c(ncn2C)n(C)c1=O.CN(C)C(=O)CCCCn1c(=O)c2c(ncn2C)n(C)c1=O.CNC(=O)CCCCn1c(=O)c2c(ncn2C)n(C)c1=O.CNC(=O)CCCCn1c(=O)c2c(ncn2C)n(C)c1=O.Cn1cnc2c1c(=O)n(CCCCC(N)=O)c(=O)n2C. The van der Waals surface area contributed by atoms with E-state index in [4.69, 9.17) is 5.73 Å². The normalized spacial score (nSPS) is 10.9. The molecule has 41 heteroatoms. The summed E-state index contributed by atoms with van der Waals surface area (Å²) in [5.74, 6) is -0.383. The minimum Gasteiger partial charge on any atom is -0.370 e. The van der Waals surface area contributed by atoms with E-state index in [0.717, 1.165) is 0 Å². The van der Waals surface area contributed by atoms with Crippen molar-refractivity contribution in [2.45, 2.75) is 129 Å². The maximum atomic E-state index is 12.4. The largest absolute Gasteiger partial charge is 0.370 e. The fraction of sp³-hybridized carbons (Fsp3) is 0.552. The predicted octanol–water partition coefficient (Wildman–Crippen LogP) is -1.78. The molecule has 5 amide bonds. The molecule has 0 fully saturated rings. The van der Waals surface area contributed by atoms with E-state index in [1.54, 1.807) is 136 Å². The Bertz CT molecular complexity index is 5270. The van der Waals surface area contributed by atoms with Gasteiger partial charge >= 0.3 is 28.4 Å². The fourth-order valence-corrected chi connectivity index (χ4v) is 11.4. The average Bonchev–Trinajstić information content (AvgIpc) is 1.59. The van der Waals surface area contributed by atoms with E-state index in [-0.39, 0.29) is 93.1 Å². The van der Waals surface area contributed by atoms with Gasteiger partial charge in [0.1, 0.15) is 0 Å². The molecule has 4 N–H and O–H groups in total. The third kappa shape index (κ3) is 20.7. The first kappa shape index (κ1) is 87.5. The van der Waals surface area contributed by atoms with Crippen LogP contribution in [0.15, 0.2) is 79.6 Å². The number of aryl methyl sites for hydroxylation is 10. The Morgan fingerprint density at radius 3 is 0.694 bits per heavy atom. The summed E-state index contributed by atoms with van der Waals surface area (Å²) in [7, 11) is 26.6. The highest BCUT2D eigenvalue weighted by Crippen LogP contribution is 2.10. The number of fused-ring (bicyclic) bond motifs is 5. The Hall–Kier alpha value is -11.2. The Morgan fingerprint density at radius 1 is 0.333 bits per heavy atom. The fourth-order valence-electron chi connectivity index (χ4n) is 11.4. The highest BCUT2D eigenvalue weighted by Gasteiger charge is 2.21. The van der Waals surface area contributed by atoms with Gasteiger partial charge in [0.15, 0.2) is 55.8 Å². The van der Waals surface area contributed by atoms with Crippen LogP contribution in [0.4, 0.5) is 0 Å². The molecule has 108 heavy (non-hydrogen) atoms. The molecule has 10 aromatic heterocycles. The summed E-state index contributed by atoms with van der Waals surface area (Å²) in [6, 6.07) is 0. The molecule has 10 rings (SSSR count). The minimum atomic E-state index is -0.403. The third-order valence-electron chi connectivity index (χ3n) is 17.7. The number of primary amides is 1. The number of amides is 5. The van der Waals surface area contributed by atoms with Crippen molar-refractivity contribution in [3.8, 4) is 0 Å². The molecule has 0 unspecified atom stereocenters. The number of nitrogens with two attached hydrogens (primary N) is 1. The van der Waals surface area contributed by atoms with Gasteiger partial charge in [-0.3, -0.25) is 93.6 Å². The van der Waals surface area contributed by atoms with E-state index in [2.05, 4.69) is 58.1 Å². The monoisotopic (exact) mass is 1620 g/mol. The second-order valence-corrected chi connectivity index (χ2v) is 25.8. The Morgan fingerprint density at radius 2 is 0.519 bits per heavy atom. The first-order valence-electron chi connectivity index (χ1n) is 34.6. The lowest BCUT2D eigenvalue weighted by Crippen LogP contribution is -2.39. The molecule has 40 nitrogen and oxygen atoms in total. The number of aromatic nitrogens is 20. The predicted molar refractivity (Wildman–Crippen MR) is 415 cm³/mol. The van der Waals surface area contributed by atoms with Crippen molar-refractivity contribution >= 4 is 108 Å². The third-order valence-corrected chi connectivity index (χ3v) is 17.7. The molecule has 0 saturated carbocycles. The van der Waals surface area contributed by atoms with Gasteiger partial charge in [0.25, 0.3) is 27.8 Å². The lowest BCUT2D eigenvalue weighted by atomic mass is 10.2. The van der Waals surface area contributed by atoms with E-state index in [1.807, 2.05) is 4.93 Å². The molecule has 0 bridgehead atoms. The van der Waals surface area contributed by atoms with Crippen LogP contribution in [0.2, 0.25) is 0 Å². The molecule has 0 radical (unpaired) electrons. The molecule has 0 spiro atoms. The second kappa shape index (κ2) is 40.0. The zero-order chi connectivity index (χ0) is 80.9. The van der Waals surface area contributed by atoms with Crippen LogP contribution in [0.25, 0.3) is 55.8 Å². The molecular weight excluding hydrogens is 1520 g/mol. The van der Waals surface area contributed by atoms with Gasteiger partial charge in [0.05, 0.1) is 31.6 Å². The summed E-state index contributed by atoms with van der Waals surface area (Å²) in [6.07, 6.45) is 15.4. The smallest absolute Gasteiger partial charge is 0.332 e. The first-order chi connectivity index (χ1) is 51.0. The lowest BCUT2D eigenvalue weighted by Gasteiger charge is -2.11. The summed E-state index contributed by atoms with van der Waals surface area (Å²) >= 11 is 2.15. The number of imidazole rings is 5. The molecule has 0 aromatic carbocycles. The minimum absolute atomic E-state index is 0.0438. The van der Waals surface area contributed by atoms with Crippen LogP contribution in [-0.4, -0.2) is 180 Å². The van der Waals surface area contributed by atoms with Crippen molar-refractivity contribution in [2.24, 2.45) is 76.2 Å². The van der Waals surface area contributed by atoms with Crippen LogP contribution in [-0.2, 0) is 127 Å². The standard InChI is InChI=1S/2C14H21N5O3.2C13H19N5O3.C12H17N5O3.CH3I/c2*1-16(2)10(20)7-5-6-8-19-13(21)11-12(15-9-17(11)3)18(4)14(19)22;2*1-14-9(19)6-4-5-7-18-12(20)10-11(15-8-16(10)2)17(3)13(18)21;1-15-7-14-10-9(15)11(19)17(12(20)16(10)2)6-4-3-5-8(13)18;1-2/h2*9H,5-8H2,1-4H3;2*8H,4-7H2,1-3H3,(H,14,19);7H,3-6H2,1-2H3,(H2,13,18);1H3. The molecule has 0 aliphatic rings. The quantitative estimate of drug-likeness (QED) is 0.0324. The van der Waals surface area contributed by atoms with E-state index in [9.17, 15) is 71.9 Å². The Kier molecular flexibility index (Phi) is 32.4. The molecule has 590 valence electrons. The van der Waals surface area contributed by atoms with Crippen molar-refractivity contribution in [1.29, 1.82) is 0 Å². The van der Waals surface area contributed by atoms with Gasteiger partial charge in [-0.05, 0) is 69.1 Å². The van der Waals surface area contributed by atoms with Crippen molar-refractivity contribution < 1.29 is 24.0 Å². The molecule has 10 aromatic rings. The van der Waals surface area contributed by atoms with Gasteiger partial charge < -0.3 is 49.0 Å². The number of nitrogens with zero attached hydrogens (tertiary/aromatic N) is 22.